The average Bonchev–Trinajstić information content (AvgIpc) is 2.29. The topological polar surface area (TPSA) is 26.0 Å². The third-order valence-corrected chi connectivity index (χ3v) is 1.58. The molecule has 13 heavy (non-hydrogen) atoms. The monoisotopic (exact) mass is 213 g/mol. The molecule has 0 spiro atoms. The zero-order valence-corrected chi connectivity index (χ0v) is 7.70. The molecule has 0 aromatic carbocycles. The summed E-state index contributed by atoms with van der Waals surface area (Å²) < 4.78 is 41.4. The van der Waals surface area contributed by atoms with Crippen LogP contribution in [0.5, 0.6) is 0 Å². The van der Waals surface area contributed by atoms with Crippen molar-refractivity contribution in [2.45, 2.75) is 25.9 Å². The number of oxazole rings is 1. The van der Waals surface area contributed by atoms with Crippen molar-refractivity contribution in [3.8, 4) is 0 Å². The molecule has 1 heterocycles. The summed E-state index contributed by atoms with van der Waals surface area (Å²) in [6, 6.07) is 0. The molecule has 1 rings (SSSR count). The molecule has 0 saturated carbocycles. The number of hydrogen-bond donors (Lipinski definition) is 0. The van der Waals surface area contributed by atoms with E-state index in [4.69, 9.17) is 11.6 Å². The van der Waals surface area contributed by atoms with Crippen LogP contribution in [0.3, 0.4) is 0 Å². The van der Waals surface area contributed by atoms with Crippen molar-refractivity contribution in [3.05, 3.63) is 16.8 Å². The Labute approximate surface area is 77.7 Å². The van der Waals surface area contributed by atoms with Gasteiger partial charge >= 0.3 is 6.18 Å². The molecule has 0 N–H and O–H groups in total. The highest BCUT2D eigenvalue weighted by Gasteiger charge is 2.39. The maximum Gasteiger partial charge on any atom is 0.436 e. The van der Waals surface area contributed by atoms with Gasteiger partial charge in [0.2, 0.25) is 0 Å². The van der Waals surface area contributed by atoms with E-state index < -0.39 is 23.1 Å². The predicted octanol–water partition coefficient (Wildman–Crippen LogP) is 3.47. The third kappa shape index (κ3) is 2.15. The smallest absolute Gasteiger partial charge is 0.432 e. The van der Waals surface area contributed by atoms with Crippen LogP contribution in [0.15, 0.2) is 4.42 Å². The summed E-state index contributed by atoms with van der Waals surface area (Å²) in [5.74, 6) is -0.617. The Morgan fingerprint density at radius 2 is 1.92 bits per heavy atom. The van der Waals surface area contributed by atoms with E-state index in [9.17, 15) is 13.2 Å². The first kappa shape index (κ1) is 10.4. The highest BCUT2D eigenvalue weighted by atomic mass is 35.5. The van der Waals surface area contributed by atoms with Crippen LogP contribution < -0.4 is 0 Å². The van der Waals surface area contributed by atoms with Gasteiger partial charge in [-0.2, -0.15) is 18.2 Å². The lowest BCUT2D eigenvalue weighted by molar-refractivity contribution is -0.142. The Kier molecular flexibility index (Phi) is 2.56. The Bertz CT molecular complexity index is 305. The highest BCUT2D eigenvalue weighted by molar-refractivity contribution is 6.27. The van der Waals surface area contributed by atoms with Crippen molar-refractivity contribution in [2.24, 2.45) is 0 Å². The second-order valence-electron chi connectivity index (χ2n) is 2.83. The largest absolute Gasteiger partial charge is 0.436 e. The first-order valence-corrected chi connectivity index (χ1v) is 3.93. The van der Waals surface area contributed by atoms with E-state index in [1.165, 1.54) is 0 Å². The molecule has 0 atom stereocenters. The number of aromatic nitrogens is 1. The summed E-state index contributed by atoms with van der Waals surface area (Å²) in [6.45, 7) is 3.15. The van der Waals surface area contributed by atoms with Gasteiger partial charge < -0.3 is 4.42 Å². The van der Waals surface area contributed by atoms with Crippen LogP contribution in [0.4, 0.5) is 13.2 Å². The van der Waals surface area contributed by atoms with Gasteiger partial charge in [0.05, 0.1) is 0 Å². The van der Waals surface area contributed by atoms with Gasteiger partial charge in [0.15, 0.2) is 5.69 Å². The minimum absolute atomic E-state index is 0.225. The fraction of sp³-hybridized carbons (Fsp3) is 0.571. The van der Waals surface area contributed by atoms with E-state index in [-0.39, 0.29) is 5.76 Å². The minimum atomic E-state index is -4.50. The molecule has 1 aromatic heterocycles. The summed E-state index contributed by atoms with van der Waals surface area (Å²) in [5.41, 5.74) is -1.03. The van der Waals surface area contributed by atoms with Crippen LogP contribution in [-0.2, 0) is 6.18 Å². The normalized spacial score (nSPS) is 12.5. The molecule has 0 saturated heterocycles. The standard InChI is InChI=1S/C7H7ClF3NO/c1-3(2)4-5(7(9,10)11)12-6(8)13-4/h3H,1-2H3. The number of nitrogens with zero attached hydrogens (tertiary/aromatic N) is 1. The summed E-state index contributed by atoms with van der Waals surface area (Å²) in [4.78, 5) is 3.08. The Morgan fingerprint density at radius 1 is 1.38 bits per heavy atom. The second-order valence-corrected chi connectivity index (χ2v) is 3.16. The van der Waals surface area contributed by atoms with Crippen LogP contribution in [0.2, 0.25) is 5.35 Å². The average molecular weight is 214 g/mol. The first-order chi connectivity index (χ1) is 5.82. The summed E-state index contributed by atoms with van der Waals surface area (Å²) >= 11 is 5.24. The Morgan fingerprint density at radius 3 is 2.23 bits per heavy atom. The van der Waals surface area contributed by atoms with Crippen LogP contribution in [0.1, 0.15) is 31.2 Å². The summed E-state index contributed by atoms with van der Waals surface area (Å²) in [6.07, 6.45) is -4.50. The fourth-order valence-electron chi connectivity index (χ4n) is 0.899. The van der Waals surface area contributed by atoms with Gasteiger partial charge in [-0.25, -0.2) is 0 Å². The quantitative estimate of drug-likeness (QED) is 0.714. The predicted molar refractivity (Wildman–Crippen MR) is 40.6 cm³/mol. The van der Waals surface area contributed by atoms with Gasteiger partial charge in [-0.3, -0.25) is 0 Å². The molecule has 1 aromatic rings. The number of rotatable bonds is 1. The highest BCUT2D eigenvalue weighted by Crippen LogP contribution is 2.35. The number of hydrogen-bond acceptors (Lipinski definition) is 2. The molecule has 0 amide bonds. The molecular weight excluding hydrogens is 207 g/mol. The SMILES string of the molecule is CC(C)c1oc(Cl)nc1C(F)(F)F. The Balaban J connectivity index is 3.20. The fourth-order valence-corrected chi connectivity index (χ4v) is 1.07. The second kappa shape index (κ2) is 3.21. The molecule has 0 aliphatic carbocycles. The van der Waals surface area contributed by atoms with Gasteiger partial charge in [0.25, 0.3) is 5.35 Å². The van der Waals surface area contributed by atoms with E-state index in [0.29, 0.717) is 0 Å². The molecule has 0 fully saturated rings. The van der Waals surface area contributed by atoms with E-state index in [1.54, 1.807) is 13.8 Å². The lowest BCUT2D eigenvalue weighted by Crippen LogP contribution is -2.09. The molecule has 0 radical (unpaired) electrons. The molecule has 6 heteroatoms. The van der Waals surface area contributed by atoms with Crippen LogP contribution in [0, 0.1) is 0 Å². The third-order valence-electron chi connectivity index (χ3n) is 1.42. The van der Waals surface area contributed by atoms with Gasteiger partial charge in [-0.05, 0) is 11.6 Å². The molecule has 2 nitrogen and oxygen atoms in total. The van der Waals surface area contributed by atoms with Crippen LogP contribution >= 0.6 is 11.6 Å². The van der Waals surface area contributed by atoms with Crippen molar-refractivity contribution < 1.29 is 17.6 Å². The zero-order valence-electron chi connectivity index (χ0n) is 6.94. The van der Waals surface area contributed by atoms with E-state index in [0.717, 1.165) is 0 Å². The maximum atomic E-state index is 12.2. The minimum Gasteiger partial charge on any atom is -0.432 e. The van der Waals surface area contributed by atoms with Gasteiger partial charge in [-0.1, -0.05) is 13.8 Å². The number of halogens is 4. The molecule has 0 unspecified atom stereocenters. The molecule has 0 aliphatic heterocycles. The van der Waals surface area contributed by atoms with Crippen molar-refractivity contribution in [3.63, 3.8) is 0 Å². The van der Waals surface area contributed by atoms with E-state index in [2.05, 4.69) is 9.40 Å². The number of alkyl halides is 3. The van der Waals surface area contributed by atoms with Gasteiger partial charge in [0.1, 0.15) is 5.76 Å². The van der Waals surface area contributed by atoms with Gasteiger partial charge in [0, 0.05) is 5.92 Å². The Hall–Kier alpha value is -0.710. The van der Waals surface area contributed by atoms with Crippen molar-refractivity contribution in [1.82, 2.24) is 4.98 Å². The lowest BCUT2D eigenvalue weighted by atomic mass is 10.1. The van der Waals surface area contributed by atoms with E-state index in [1.807, 2.05) is 0 Å². The summed E-state index contributed by atoms with van der Waals surface area (Å²) in [5, 5.41) is -0.476. The van der Waals surface area contributed by atoms with Crippen molar-refractivity contribution >= 4 is 11.6 Å². The van der Waals surface area contributed by atoms with Crippen LogP contribution in [-0.4, -0.2) is 4.98 Å². The van der Waals surface area contributed by atoms with Crippen LogP contribution in [0.25, 0.3) is 0 Å². The molecule has 0 bridgehead atoms. The van der Waals surface area contributed by atoms with Crippen molar-refractivity contribution in [1.29, 1.82) is 0 Å². The lowest BCUT2D eigenvalue weighted by Gasteiger charge is -2.06. The first-order valence-electron chi connectivity index (χ1n) is 3.55. The van der Waals surface area contributed by atoms with E-state index >= 15 is 0 Å². The molecule has 0 aliphatic rings. The maximum absolute atomic E-state index is 12.2. The van der Waals surface area contributed by atoms with Gasteiger partial charge in [-0.15, -0.1) is 0 Å². The molecular formula is C7H7ClF3NO. The molecule has 74 valence electrons. The summed E-state index contributed by atoms with van der Waals surface area (Å²) in [7, 11) is 0. The van der Waals surface area contributed by atoms with Crippen molar-refractivity contribution in [2.75, 3.05) is 0 Å². The zero-order chi connectivity index (χ0) is 10.2.